The maximum Gasteiger partial charge on any atom is 0.234 e. The Labute approximate surface area is 189 Å². The Balaban J connectivity index is 1.42. The maximum atomic E-state index is 12.3. The zero-order valence-electron chi connectivity index (χ0n) is 18.2. The minimum absolute atomic E-state index is 0.0780. The number of likely N-dealkylation sites (tertiary alicyclic amines) is 1. The van der Waals surface area contributed by atoms with E-state index >= 15 is 0 Å². The van der Waals surface area contributed by atoms with E-state index in [1.165, 1.54) is 0 Å². The smallest absolute Gasteiger partial charge is 0.234 e. The summed E-state index contributed by atoms with van der Waals surface area (Å²) in [4.78, 5) is 14.3. The van der Waals surface area contributed by atoms with Crippen molar-refractivity contribution in [1.29, 1.82) is 0 Å². The summed E-state index contributed by atoms with van der Waals surface area (Å²) in [6, 6.07) is 13.3. The summed E-state index contributed by atoms with van der Waals surface area (Å²) in [6.45, 7) is 6.30. The highest BCUT2D eigenvalue weighted by Gasteiger charge is 2.34. The van der Waals surface area contributed by atoms with Crippen LogP contribution in [0.2, 0.25) is 5.02 Å². The number of amides is 1. The molecule has 168 valence electrons. The van der Waals surface area contributed by atoms with Gasteiger partial charge in [-0.15, -0.1) is 0 Å². The lowest BCUT2D eigenvalue weighted by molar-refractivity contribution is -0.124. The van der Waals surface area contributed by atoms with Crippen molar-refractivity contribution in [3.05, 3.63) is 58.6 Å². The van der Waals surface area contributed by atoms with E-state index in [2.05, 4.69) is 5.32 Å². The van der Waals surface area contributed by atoms with Crippen molar-refractivity contribution in [2.45, 2.75) is 32.3 Å². The van der Waals surface area contributed by atoms with Gasteiger partial charge in [0, 0.05) is 11.6 Å². The lowest BCUT2D eigenvalue weighted by atomic mass is 9.93. The minimum Gasteiger partial charge on any atom is -0.492 e. The number of hydrogen-bond acceptors (Lipinski definition) is 5. The second-order valence-corrected chi connectivity index (χ2v) is 8.59. The first-order chi connectivity index (χ1) is 14.8. The van der Waals surface area contributed by atoms with Crippen LogP contribution in [0.1, 0.15) is 24.0 Å². The van der Waals surface area contributed by atoms with Gasteiger partial charge >= 0.3 is 0 Å². The predicted octanol–water partition coefficient (Wildman–Crippen LogP) is 3.36. The van der Waals surface area contributed by atoms with Crippen LogP contribution in [-0.2, 0) is 4.79 Å². The van der Waals surface area contributed by atoms with Gasteiger partial charge in [-0.1, -0.05) is 29.8 Å². The summed E-state index contributed by atoms with van der Waals surface area (Å²) in [5, 5.41) is 14.6. The Hall–Kier alpha value is -2.28. The summed E-state index contributed by atoms with van der Waals surface area (Å²) in [6.07, 6.45) is 1.45. The number of carbonyl (C=O) groups is 1. The van der Waals surface area contributed by atoms with Crippen molar-refractivity contribution in [2.24, 2.45) is 0 Å². The highest BCUT2D eigenvalue weighted by Crippen LogP contribution is 2.28. The Bertz CT molecular complexity index is 854. The molecule has 1 heterocycles. The van der Waals surface area contributed by atoms with Gasteiger partial charge in [0.15, 0.2) is 0 Å². The molecule has 0 radical (unpaired) electrons. The number of carbonyl (C=O) groups excluding carboxylic acids is 1. The van der Waals surface area contributed by atoms with Gasteiger partial charge in [0.25, 0.3) is 0 Å². The van der Waals surface area contributed by atoms with Crippen molar-refractivity contribution < 1.29 is 19.4 Å². The molecule has 31 heavy (non-hydrogen) atoms. The van der Waals surface area contributed by atoms with Gasteiger partial charge in [0.05, 0.1) is 13.1 Å². The number of aliphatic hydroxyl groups is 1. The number of piperidine rings is 1. The number of nitrogens with zero attached hydrogens (tertiary/aromatic N) is 1. The number of halogens is 1. The average molecular weight is 447 g/mol. The molecule has 3 rings (SSSR count). The fourth-order valence-corrected chi connectivity index (χ4v) is 3.91. The van der Waals surface area contributed by atoms with E-state index in [0.29, 0.717) is 31.9 Å². The van der Waals surface area contributed by atoms with E-state index in [1.54, 1.807) is 0 Å². The molecule has 1 atom stereocenters. The highest BCUT2D eigenvalue weighted by molar-refractivity contribution is 6.32. The molecule has 1 saturated heterocycles. The first-order valence-corrected chi connectivity index (χ1v) is 11.0. The predicted molar refractivity (Wildman–Crippen MR) is 122 cm³/mol. The number of para-hydroxylation sites is 1. The molecule has 2 aromatic rings. The van der Waals surface area contributed by atoms with Gasteiger partial charge in [-0.05, 0) is 68.6 Å². The van der Waals surface area contributed by atoms with Crippen LogP contribution in [0.25, 0.3) is 0 Å². The number of aryl methyl sites for hydroxylation is 2. The first kappa shape index (κ1) is 23.4. The van der Waals surface area contributed by atoms with Crippen molar-refractivity contribution in [3.63, 3.8) is 0 Å². The van der Waals surface area contributed by atoms with Crippen LogP contribution >= 0.6 is 11.6 Å². The third-order valence-electron chi connectivity index (χ3n) is 5.36. The third kappa shape index (κ3) is 7.13. The molecule has 0 spiro atoms. The zero-order chi connectivity index (χ0) is 22.3. The van der Waals surface area contributed by atoms with Crippen molar-refractivity contribution >= 4 is 17.5 Å². The summed E-state index contributed by atoms with van der Waals surface area (Å²) < 4.78 is 11.5. The molecule has 1 fully saturated rings. The molecule has 0 bridgehead atoms. The molecule has 1 aliphatic heterocycles. The first-order valence-electron chi connectivity index (χ1n) is 10.6. The van der Waals surface area contributed by atoms with E-state index in [9.17, 15) is 9.90 Å². The van der Waals surface area contributed by atoms with Gasteiger partial charge in [-0.3, -0.25) is 9.69 Å². The van der Waals surface area contributed by atoms with Crippen LogP contribution in [0.15, 0.2) is 42.5 Å². The summed E-state index contributed by atoms with van der Waals surface area (Å²) >= 11 is 6.21. The molecule has 0 aliphatic carbocycles. The van der Waals surface area contributed by atoms with Crippen LogP contribution < -0.4 is 14.8 Å². The Kier molecular flexibility index (Phi) is 8.18. The largest absolute Gasteiger partial charge is 0.492 e. The summed E-state index contributed by atoms with van der Waals surface area (Å²) in [7, 11) is 0. The SMILES string of the molecule is Cc1cc(OC[C@@]2(O)CCCN(CC(=O)NCCOc3ccccc3)C2)cc(C)c1Cl. The molecule has 6 nitrogen and oxygen atoms in total. The zero-order valence-corrected chi connectivity index (χ0v) is 19.0. The van der Waals surface area contributed by atoms with Gasteiger partial charge in [0.2, 0.25) is 5.91 Å². The Morgan fingerprint density at radius 1 is 1.16 bits per heavy atom. The van der Waals surface area contributed by atoms with Gasteiger partial charge in [0.1, 0.15) is 30.3 Å². The Morgan fingerprint density at radius 2 is 1.87 bits per heavy atom. The van der Waals surface area contributed by atoms with Crippen LogP contribution in [-0.4, -0.2) is 60.9 Å². The van der Waals surface area contributed by atoms with Crippen LogP contribution in [0.3, 0.4) is 0 Å². The van der Waals surface area contributed by atoms with Gasteiger partial charge in [-0.25, -0.2) is 0 Å². The summed E-state index contributed by atoms with van der Waals surface area (Å²) in [5.41, 5.74) is 0.903. The van der Waals surface area contributed by atoms with E-state index in [4.69, 9.17) is 21.1 Å². The number of β-amino-alcohol motifs (C(OH)–C–C–N with tert-alkyl or cyclic N) is 1. The number of benzene rings is 2. The lowest BCUT2D eigenvalue weighted by Crippen LogP contribution is -2.53. The fraction of sp³-hybridized carbons (Fsp3) is 0.458. The van der Waals surface area contributed by atoms with E-state index < -0.39 is 5.60 Å². The molecular formula is C24H31ClN2O4. The molecular weight excluding hydrogens is 416 g/mol. The standard InChI is InChI=1S/C24H31ClN2O4/c1-18-13-21(14-19(2)23(18)25)31-17-24(29)9-6-11-27(16-24)15-22(28)26-10-12-30-20-7-4-3-5-8-20/h3-5,7-8,13-14,29H,6,9-12,15-17H2,1-2H3,(H,26,28)/t24-/m1/s1. The van der Waals surface area contributed by atoms with Crippen molar-refractivity contribution in [1.82, 2.24) is 10.2 Å². The minimum atomic E-state index is -0.990. The molecule has 7 heteroatoms. The average Bonchev–Trinajstić information content (AvgIpc) is 2.74. The second-order valence-electron chi connectivity index (χ2n) is 8.21. The van der Waals surface area contributed by atoms with E-state index in [0.717, 1.165) is 34.9 Å². The fourth-order valence-electron chi connectivity index (χ4n) is 3.80. The summed E-state index contributed by atoms with van der Waals surface area (Å²) in [5.74, 6) is 1.40. The van der Waals surface area contributed by atoms with Crippen LogP contribution in [0.4, 0.5) is 0 Å². The normalized spacial score (nSPS) is 19.1. The molecule has 1 aliphatic rings. The van der Waals surface area contributed by atoms with Gasteiger partial charge < -0.3 is 19.9 Å². The highest BCUT2D eigenvalue weighted by atomic mass is 35.5. The lowest BCUT2D eigenvalue weighted by Gasteiger charge is -2.38. The molecule has 0 aromatic heterocycles. The number of ether oxygens (including phenoxy) is 2. The van der Waals surface area contributed by atoms with Crippen molar-refractivity contribution in [3.8, 4) is 11.5 Å². The number of hydrogen-bond donors (Lipinski definition) is 2. The van der Waals surface area contributed by atoms with Gasteiger partial charge in [-0.2, -0.15) is 0 Å². The number of nitrogens with one attached hydrogen (secondary N) is 1. The van der Waals surface area contributed by atoms with Crippen LogP contribution in [0, 0.1) is 13.8 Å². The van der Waals surface area contributed by atoms with E-state index in [1.807, 2.05) is 61.2 Å². The van der Waals surface area contributed by atoms with E-state index in [-0.39, 0.29) is 19.1 Å². The maximum absolute atomic E-state index is 12.3. The van der Waals surface area contributed by atoms with Crippen LogP contribution in [0.5, 0.6) is 11.5 Å². The Morgan fingerprint density at radius 3 is 2.58 bits per heavy atom. The second kappa shape index (κ2) is 10.8. The molecule has 2 aromatic carbocycles. The number of rotatable bonds is 9. The molecule has 2 N–H and O–H groups in total. The quantitative estimate of drug-likeness (QED) is 0.578. The molecule has 1 amide bonds. The topological polar surface area (TPSA) is 71.0 Å². The monoisotopic (exact) mass is 446 g/mol. The third-order valence-corrected chi connectivity index (χ3v) is 5.95. The molecule has 0 unspecified atom stereocenters. The molecule has 0 saturated carbocycles. The van der Waals surface area contributed by atoms with Crippen molar-refractivity contribution in [2.75, 3.05) is 39.4 Å².